The minimum atomic E-state index is 0.455. The fourth-order valence-corrected chi connectivity index (χ4v) is 1.61. The van der Waals surface area contributed by atoms with Gasteiger partial charge in [0.15, 0.2) is 0 Å². The Balaban J connectivity index is 2.72. The van der Waals surface area contributed by atoms with Gasteiger partial charge in [-0.1, -0.05) is 31.9 Å². The van der Waals surface area contributed by atoms with Crippen molar-refractivity contribution in [2.45, 2.75) is 40.2 Å². The summed E-state index contributed by atoms with van der Waals surface area (Å²) < 4.78 is 0. The van der Waals surface area contributed by atoms with E-state index < -0.39 is 0 Å². The zero-order valence-electron chi connectivity index (χ0n) is 9.84. The van der Waals surface area contributed by atoms with E-state index in [1.807, 2.05) is 19.1 Å². The van der Waals surface area contributed by atoms with E-state index in [0.29, 0.717) is 17.1 Å². The molecule has 0 saturated heterocycles. The number of nitrogens with one attached hydrogen (secondary N) is 1. The molecule has 0 spiro atoms. The molecule has 0 aliphatic rings. The number of halogens is 1. The minimum absolute atomic E-state index is 0.455. The molecule has 0 radical (unpaired) electrons. The van der Waals surface area contributed by atoms with Crippen LogP contribution in [0.2, 0.25) is 5.15 Å². The Morgan fingerprint density at radius 1 is 1.40 bits per heavy atom. The van der Waals surface area contributed by atoms with Crippen LogP contribution in [0.1, 0.15) is 32.9 Å². The highest BCUT2D eigenvalue weighted by Crippen LogP contribution is 2.19. The number of nitrogens with zero attached hydrogens (tertiary/aromatic N) is 1. The van der Waals surface area contributed by atoms with Gasteiger partial charge in [-0.2, -0.15) is 0 Å². The average molecular weight is 227 g/mol. The van der Waals surface area contributed by atoms with Crippen molar-refractivity contribution < 1.29 is 0 Å². The van der Waals surface area contributed by atoms with Gasteiger partial charge in [-0.3, -0.25) is 0 Å². The summed E-state index contributed by atoms with van der Waals surface area (Å²) in [6.07, 6.45) is 1.17. The molecule has 2 atom stereocenters. The van der Waals surface area contributed by atoms with Crippen molar-refractivity contribution in [3.63, 3.8) is 0 Å². The monoisotopic (exact) mass is 226 g/mol. The first-order chi connectivity index (χ1) is 7.04. The predicted octanol–water partition coefficient (Wildman–Crippen LogP) is 3.89. The van der Waals surface area contributed by atoms with E-state index in [1.165, 1.54) is 6.42 Å². The average Bonchev–Trinajstić information content (AvgIpc) is 2.20. The van der Waals surface area contributed by atoms with Gasteiger partial charge in [0.2, 0.25) is 0 Å². The van der Waals surface area contributed by atoms with Crippen LogP contribution in [-0.4, -0.2) is 11.0 Å². The van der Waals surface area contributed by atoms with Crippen molar-refractivity contribution >= 4 is 17.3 Å². The second kappa shape index (κ2) is 5.36. The van der Waals surface area contributed by atoms with Gasteiger partial charge in [0, 0.05) is 6.04 Å². The van der Waals surface area contributed by atoms with Crippen LogP contribution in [0.4, 0.5) is 5.69 Å². The summed E-state index contributed by atoms with van der Waals surface area (Å²) in [6.45, 7) is 8.62. The normalized spacial score (nSPS) is 14.7. The summed E-state index contributed by atoms with van der Waals surface area (Å²) in [5.41, 5.74) is 2.03. The van der Waals surface area contributed by atoms with Crippen LogP contribution in [0.5, 0.6) is 0 Å². The zero-order valence-corrected chi connectivity index (χ0v) is 10.6. The lowest BCUT2D eigenvalue weighted by Crippen LogP contribution is -2.23. The topological polar surface area (TPSA) is 24.9 Å². The van der Waals surface area contributed by atoms with Gasteiger partial charge < -0.3 is 5.32 Å². The van der Waals surface area contributed by atoms with E-state index >= 15 is 0 Å². The Bertz CT molecular complexity index is 325. The highest BCUT2D eigenvalue weighted by molar-refractivity contribution is 6.29. The summed E-state index contributed by atoms with van der Waals surface area (Å²) in [5, 5.41) is 4.02. The molecule has 1 aromatic heterocycles. The molecule has 0 aromatic carbocycles. The highest BCUT2D eigenvalue weighted by Gasteiger charge is 2.11. The molecule has 3 heteroatoms. The third-order valence-corrected chi connectivity index (χ3v) is 3.14. The maximum Gasteiger partial charge on any atom is 0.129 e. The summed E-state index contributed by atoms with van der Waals surface area (Å²) in [5.74, 6) is 0.653. The van der Waals surface area contributed by atoms with E-state index in [9.17, 15) is 0 Å². The number of aryl methyl sites for hydroxylation is 1. The van der Waals surface area contributed by atoms with Gasteiger partial charge in [0.1, 0.15) is 5.15 Å². The molecule has 1 heterocycles. The molecule has 0 saturated carbocycles. The Morgan fingerprint density at radius 2 is 2.07 bits per heavy atom. The molecule has 1 aromatic rings. The van der Waals surface area contributed by atoms with Crippen molar-refractivity contribution in [3.05, 3.63) is 23.0 Å². The minimum Gasteiger partial charge on any atom is -0.381 e. The van der Waals surface area contributed by atoms with Crippen LogP contribution in [0.25, 0.3) is 0 Å². The molecule has 0 fully saturated rings. The molecule has 15 heavy (non-hydrogen) atoms. The van der Waals surface area contributed by atoms with Crippen molar-refractivity contribution in [2.75, 3.05) is 5.32 Å². The molecule has 1 N–H and O–H groups in total. The highest BCUT2D eigenvalue weighted by atomic mass is 35.5. The van der Waals surface area contributed by atoms with Crippen LogP contribution >= 0.6 is 11.6 Å². The molecule has 0 aliphatic heterocycles. The Labute approximate surface area is 97.1 Å². The third kappa shape index (κ3) is 3.38. The number of anilines is 1. The van der Waals surface area contributed by atoms with E-state index in [1.54, 1.807) is 0 Å². The third-order valence-electron chi connectivity index (χ3n) is 2.93. The van der Waals surface area contributed by atoms with Crippen LogP contribution in [0.15, 0.2) is 12.1 Å². The molecule has 84 valence electrons. The van der Waals surface area contributed by atoms with Crippen molar-refractivity contribution in [2.24, 2.45) is 5.92 Å². The Kier molecular flexibility index (Phi) is 4.40. The van der Waals surface area contributed by atoms with Crippen LogP contribution in [0.3, 0.4) is 0 Å². The number of pyridine rings is 1. The molecular formula is C12H19ClN2. The van der Waals surface area contributed by atoms with Gasteiger partial charge in [-0.25, -0.2) is 4.98 Å². The predicted molar refractivity (Wildman–Crippen MR) is 66.5 cm³/mol. The van der Waals surface area contributed by atoms with E-state index in [0.717, 1.165) is 11.4 Å². The lowest BCUT2D eigenvalue weighted by atomic mass is 10.0. The fourth-order valence-electron chi connectivity index (χ4n) is 1.42. The Hall–Kier alpha value is -0.760. The van der Waals surface area contributed by atoms with Crippen LogP contribution in [-0.2, 0) is 0 Å². The maximum atomic E-state index is 5.80. The van der Waals surface area contributed by atoms with Crippen molar-refractivity contribution in [3.8, 4) is 0 Å². The van der Waals surface area contributed by atoms with Gasteiger partial charge in [0.05, 0.1) is 11.4 Å². The smallest absolute Gasteiger partial charge is 0.129 e. The summed E-state index contributed by atoms with van der Waals surface area (Å²) in [7, 11) is 0. The summed E-state index contributed by atoms with van der Waals surface area (Å²) in [6, 6.07) is 4.26. The van der Waals surface area contributed by atoms with Gasteiger partial charge in [-0.05, 0) is 31.9 Å². The molecule has 2 nitrogen and oxygen atoms in total. The maximum absolute atomic E-state index is 5.80. The van der Waals surface area contributed by atoms with E-state index in [-0.39, 0.29) is 0 Å². The second-order valence-corrected chi connectivity index (χ2v) is 4.47. The van der Waals surface area contributed by atoms with E-state index in [2.05, 4.69) is 31.1 Å². The summed E-state index contributed by atoms with van der Waals surface area (Å²) in [4.78, 5) is 4.21. The SMILES string of the molecule is CCC(C)C(C)Nc1ccc(Cl)nc1C. The first-order valence-electron chi connectivity index (χ1n) is 5.44. The second-order valence-electron chi connectivity index (χ2n) is 4.09. The molecule has 0 aliphatic carbocycles. The number of hydrogen-bond acceptors (Lipinski definition) is 2. The Morgan fingerprint density at radius 3 is 2.60 bits per heavy atom. The molecule has 2 unspecified atom stereocenters. The first kappa shape index (κ1) is 12.3. The first-order valence-corrected chi connectivity index (χ1v) is 5.82. The summed E-state index contributed by atoms with van der Waals surface area (Å²) >= 11 is 5.80. The van der Waals surface area contributed by atoms with Gasteiger partial charge in [0.25, 0.3) is 0 Å². The van der Waals surface area contributed by atoms with Crippen LogP contribution in [0, 0.1) is 12.8 Å². The number of hydrogen-bond donors (Lipinski definition) is 1. The molecular weight excluding hydrogens is 208 g/mol. The number of rotatable bonds is 4. The largest absolute Gasteiger partial charge is 0.381 e. The molecule has 0 bridgehead atoms. The zero-order chi connectivity index (χ0) is 11.4. The standard InChI is InChI=1S/C12H19ClN2/c1-5-8(2)9(3)14-11-6-7-12(13)15-10(11)4/h6-9,14H,5H2,1-4H3. The van der Waals surface area contributed by atoms with Crippen molar-refractivity contribution in [1.82, 2.24) is 4.98 Å². The fraction of sp³-hybridized carbons (Fsp3) is 0.583. The number of aromatic nitrogens is 1. The molecule has 0 amide bonds. The van der Waals surface area contributed by atoms with Crippen LogP contribution < -0.4 is 5.32 Å². The lowest BCUT2D eigenvalue weighted by Gasteiger charge is -2.21. The van der Waals surface area contributed by atoms with E-state index in [4.69, 9.17) is 11.6 Å². The lowest BCUT2D eigenvalue weighted by molar-refractivity contribution is 0.494. The van der Waals surface area contributed by atoms with Crippen molar-refractivity contribution in [1.29, 1.82) is 0 Å². The molecule has 1 rings (SSSR count). The quantitative estimate of drug-likeness (QED) is 0.788. The van der Waals surface area contributed by atoms with Gasteiger partial charge >= 0.3 is 0 Å². The van der Waals surface area contributed by atoms with Gasteiger partial charge in [-0.15, -0.1) is 0 Å².